The van der Waals surface area contributed by atoms with E-state index in [9.17, 15) is 19.7 Å². The standard InChI is InChI=1S/C29H24N4O7/c1-19-7-10-22(16-24(19)33(36)37)30-27(34)18-40-28(35)12-9-21-17-32(23-5-3-2-4-6-23)31-29(21)20-8-11-25-26(15-20)39-14-13-38-25/h2-12,15-17H,13-14,18H2,1H3,(H,30,34)/b12-9+. The van der Waals surface area contributed by atoms with Crippen molar-refractivity contribution in [2.45, 2.75) is 6.92 Å². The van der Waals surface area contributed by atoms with Gasteiger partial charge in [0.15, 0.2) is 18.1 Å². The molecule has 0 saturated carbocycles. The predicted molar refractivity (Wildman–Crippen MR) is 146 cm³/mol. The van der Waals surface area contributed by atoms with Crippen LogP contribution in [0.25, 0.3) is 23.0 Å². The van der Waals surface area contributed by atoms with Gasteiger partial charge in [0.1, 0.15) is 18.9 Å². The number of para-hydroxylation sites is 1. The first kappa shape index (κ1) is 26.2. The van der Waals surface area contributed by atoms with Crippen molar-refractivity contribution in [3.8, 4) is 28.4 Å². The fraction of sp³-hybridized carbons (Fsp3) is 0.138. The third kappa shape index (κ3) is 5.99. The number of ether oxygens (including phenoxy) is 3. The van der Waals surface area contributed by atoms with E-state index in [-0.39, 0.29) is 11.4 Å². The van der Waals surface area contributed by atoms with Crippen LogP contribution in [0.3, 0.4) is 0 Å². The Morgan fingerprint density at radius 2 is 1.85 bits per heavy atom. The number of hydrogen-bond acceptors (Lipinski definition) is 8. The quantitative estimate of drug-likeness (QED) is 0.147. The highest BCUT2D eigenvalue weighted by molar-refractivity contribution is 5.95. The molecule has 1 aliphatic heterocycles. The zero-order valence-electron chi connectivity index (χ0n) is 21.4. The van der Waals surface area contributed by atoms with Crippen molar-refractivity contribution >= 4 is 29.3 Å². The molecule has 1 amide bonds. The number of anilines is 1. The molecular weight excluding hydrogens is 516 g/mol. The molecule has 2 heterocycles. The lowest BCUT2D eigenvalue weighted by molar-refractivity contribution is -0.385. The van der Waals surface area contributed by atoms with Gasteiger partial charge in [0.25, 0.3) is 11.6 Å². The first-order chi connectivity index (χ1) is 19.4. The van der Waals surface area contributed by atoms with Gasteiger partial charge in [-0.25, -0.2) is 9.48 Å². The number of carbonyl (C=O) groups excluding carboxylic acids is 2. The topological polar surface area (TPSA) is 135 Å². The van der Waals surface area contributed by atoms with Crippen LogP contribution in [0.1, 0.15) is 11.1 Å². The summed E-state index contributed by atoms with van der Waals surface area (Å²) in [6, 6.07) is 19.3. The van der Waals surface area contributed by atoms with Crippen LogP contribution in [-0.4, -0.2) is 46.4 Å². The Balaban J connectivity index is 1.30. The van der Waals surface area contributed by atoms with Crippen molar-refractivity contribution in [1.82, 2.24) is 9.78 Å². The van der Waals surface area contributed by atoms with Crippen LogP contribution in [0.5, 0.6) is 11.5 Å². The van der Waals surface area contributed by atoms with Crippen LogP contribution < -0.4 is 14.8 Å². The molecule has 0 aliphatic carbocycles. The lowest BCUT2D eigenvalue weighted by atomic mass is 10.1. The maximum atomic E-state index is 12.4. The molecule has 5 rings (SSSR count). The first-order valence-corrected chi connectivity index (χ1v) is 12.3. The maximum Gasteiger partial charge on any atom is 0.331 e. The monoisotopic (exact) mass is 540 g/mol. The summed E-state index contributed by atoms with van der Waals surface area (Å²) in [6.07, 6.45) is 4.54. The fourth-order valence-electron chi connectivity index (χ4n) is 4.06. The number of benzene rings is 3. The van der Waals surface area contributed by atoms with Gasteiger partial charge in [-0.2, -0.15) is 5.10 Å². The lowest BCUT2D eigenvalue weighted by Gasteiger charge is -2.18. The summed E-state index contributed by atoms with van der Waals surface area (Å²) in [4.78, 5) is 35.3. The molecule has 0 unspecified atom stereocenters. The number of nitro benzene ring substituents is 1. The third-order valence-electron chi connectivity index (χ3n) is 6.01. The second-order valence-corrected chi connectivity index (χ2v) is 8.82. The van der Waals surface area contributed by atoms with Gasteiger partial charge in [0.05, 0.1) is 10.6 Å². The van der Waals surface area contributed by atoms with E-state index < -0.39 is 23.4 Å². The molecule has 11 heteroatoms. The van der Waals surface area contributed by atoms with Crippen LogP contribution in [0.15, 0.2) is 79.0 Å². The van der Waals surface area contributed by atoms with Gasteiger partial charge in [-0.1, -0.05) is 24.3 Å². The van der Waals surface area contributed by atoms with Gasteiger partial charge in [-0.15, -0.1) is 0 Å². The molecule has 3 aromatic carbocycles. The summed E-state index contributed by atoms with van der Waals surface area (Å²) in [5, 5.41) is 18.3. The molecule has 1 N–H and O–H groups in total. The van der Waals surface area contributed by atoms with E-state index in [1.165, 1.54) is 24.3 Å². The number of fused-ring (bicyclic) bond motifs is 1. The summed E-state index contributed by atoms with van der Waals surface area (Å²) in [5.74, 6) is -0.117. The van der Waals surface area contributed by atoms with E-state index in [1.54, 1.807) is 23.9 Å². The Morgan fingerprint density at radius 3 is 2.62 bits per heavy atom. The summed E-state index contributed by atoms with van der Waals surface area (Å²) in [7, 11) is 0. The third-order valence-corrected chi connectivity index (χ3v) is 6.01. The molecule has 0 bridgehead atoms. The van der Waals surface area contributed by atoms with Gasteiger partial charge in [-0.3, -0.25) is 14.9 Å². The van der Waals surface area contributed by atoms with E-state index in [2.05, 4.69) is 5.32 Å². The average molecular weight is 541 g/mol. The molecule has 0 fully saturated rings. The number of rotatable bonds is 8. The van der Waals surface area contributed by atoms with Crippen molar-refractivity contribution in [1.29, 1.82) is 0 Å². The number of aryl methyl sites for hydroxylation is 1. The molecule has 40 heavy (non-hydrogen) atoms. The Morgan fingerprint density at radius 1 is 1.07 bits per heavy atom. The number of aromatic nitrogens is 2. The number of esters is 1. The predicted octanol–water partition coefficient (Wildman–Crippen LogP) is 4.72. The summed E-state index contributed by atoms with van der Waals surface area (Å²) in [5.41, 5.74) is 3.40. The minimum atomic E-state index is -0.745. The SMILES string of the molecule is Cc1ccc(NC(=O)COC(=O)/C=C/c2cn(-c3ccccc3)nc2-c2ccc3c(c2)OCCO3)cc1[N+](=O)[O-]. The van der Waals surface area contributed by atoms with Gasteiger partial charge in [0, 0.05) is 40.7 Å². The highest BCUT2D eigenvalue weighted by Crippen LogP contribution is 2.35. The molecule has 0 atom stereocenters. The number of amides is 1. The van der Waals surface area contributed by atoms with Crippen molar-refractivity contribution < 1.29 is 28.7 Å². The minimum Gasteiger partial charge on any atom is -0.486 e. The number of carbonyl (C=O) groups is 2. The van der Waals surface area contributed by atoms with Crippen molar-refractivity contribution in [2.75, 3.05) is 25.1 Å². The van der Waals surface area contributed by atoms with Gasteiger partial charge in [-0.05, 0) is 49.4 Å². The van der Waals surface area contributed by atoms with Gasteiger partial charge >= 0.3 is 5.97 Å². The summed E-state index contributed by atoms with van der Waals surface area (Å²) >= 11 is 0. The smallest absolute Gasteiger partial charge is 0.331 e. The largest absolute Gasteiger partial charge is 0.486 e. The van der Waals surface area contributed by atoms with E-state index >= 15 is 0 Å². The first-order valence-electron chi connectivity index (χ1n) is 12.3. The van der Waals surface area contributed by atoms with Crippen molar-refractivity contribution in [3.05, 3.63) is 100 Å². The van der Waals surface area contributed by atoms with Crippen LogP contribution in [0, 0.1) is 17.0 Å². The number of nitrogens with one attached hydrogen (secondary N) is 1. The fourth-order valence-corrected chi connectivity index (χ4v) is 4.06. The molecule has 1 aliphatic rings. The van der Waals surface area contributed by atoms with Crippen LogP contribution in [0.4, 0.5) is 11.4 Å². The summed E-state index contributed by atoms with van der Waals surface area (Å²) in [6.45, 7) is 1.96. The molecule has 0 radical (unpaired) electrons. The summed E-state index contributed by atoms with van der Waals surface area (Å²) < 4.78 is 18.1. The molecule has 11 nitrogen and oxygen atoms in total. The van der Waals surface area contributed by atoms with E-state index in [4.69, 9.17) is 19.3 Å². The Bertz CT molecular complexity index is 1610. The second kappa shape index (κ2) is 11.5. The van der Waals surface area contributed by atoms with E-state index in [1.807, 2.05) is 48.5 Å². The molecule has 202 valence electrons. The normalized spacial score (nSPS) is 12.2. The zero-order chi connectivity index (χ0) is 28.1. The molecule has 0 saturated heterocycles. The van der Waals surface area contributed by atoms with E-state index in [0.29, 0.717) is 41.5 Å². The number of nitro groups is 1. The number of nitrogens with zero attached hydrogens (tertiary/aromatic N) is 3. The maximum absolute atomic E-state index is 12.4. The Hall–Kier alpha value is -5.45. The molecular formula is C29H24N4O7. The van der Waals surface area contributed by atoms with Crippen LogP contribution in [0.2, 0.25) is 0 Å². The van der Waals surface area contributed by atoms with Gasteiger partial charge < -0.3 is 19.5 Å². The minimum absolute atomic E-state index is 0.123. The Labute approximate surface area is 228 Å². The van der Waals surface area contributed by atoms with Crippen molar-refractivity contribution in [3.63, 3.8) is 0 Å². The molecule has 4 aromatic rings. The zero-order valence-corrected chi connectivity index (χ0v) is 21.4. The number of hydrogen-bond donors (Lipinski definition) is 1. The Kier molecular flexibility index (Phi) is 7.54. The van der Waals surface area contributed by atoms with Gasteiger partial charge in [0.2, 0.25) is 0 Å². The second-order valence-electron chi connectivity index (χ2n) is 8.82. The van der Waals surface area contributed by atoms with Crippen LogP contribution in [-0.2, 0) is 14.3 Å². The average Bonchev–Trinajstić information content (AvgIpc) is 3.40. The highest BCUT2D eigenvalue weighted by Gasteiger charge is 2.17. The molecule has 0 spiro atoms. The lowest BCUT2D eigenvalue weighted by Crippen LogP contribution is -2.20. The van der Waals surface area contributed by atoms with Crippen LogP contribution >= 0.6 is 0 Å². The van der Waals surface area contributed by atoms with E-state index in [0.717, 1.165) is 11.3 Å². The molecule has 1 aromatic heterocycles. The van der Waals surface area contributed by atoms with Crippen molar-refractivity contribution in [2.24, 2.45) is 0 Å². The highest BCUT2D eigenvalue weighted by atomic mass is 16.6.